The Balaban J connectivity index is 3.15. The number of aliphatic hydroxyl groups excluding tert-OH is 1. The molecule has 0 aliphatic rings. The number of hydrogen-bond acceptors (Lipinski definition) is 3. The van der Waals surface area contributed by atoms with Crippen LogP contribution in [0.15, 0.2) is 0 Å². The molecule has 0 aromatic rings. The van der Waals surface area contributed by atoms with Crippen molar-refractivity contribution in [2.45, 2.75) is 39.5 Å². The summed E-state index contributed by atoms with van der Waals surface area (Å²) >= 11 is 0. The van der Waals surface area contributed by atoms with E-state index in [1.165, 1.54) is 0 Å². The van der Waals surface area contributed by atoms with Gasteiger partial charge in [-0.2, -0.15) is 0 Å². The average molecular weight is 161 g/mol. The fraction of sp³-hybridized carbons (Fsp3) is 1.00. The van der Waals surface area contributed by atoms with Crippen LogP contribution in [0.25, 0.3) is 0 Å². The molecule has 0 saturated heterocycles. The van der Waals surface area contributed by atoms with Crippen molar-refractivity contribution in [3.63, 3.8) is 0 Å². The molecule has 11 heavy (non-hydrogen) atoms. The second-order valence-corrected chi connectivity index (χ2v) is 2.89. The molecule has 3 nitrogen and oxygen atoms in total. The largest absolute Gasteiger partial charge is 0.367 e. The third kappa shape index (κ3) is 7.78. The Morgan fingerprint density at radius 2 is 2.09 bits per heavy atom. The van der Waals surface area contributed by atoms with E-state index < -0.39 is 6.29 Å². The number of nitrogens with one attached hydrogen (secondary N) is 1. The number of hydrogen-bond donors (Lipinski definition) is 2. The highest BCUT2D eigenvalue weighted by Crippen LogP contribution is 1.88. The van der Waals surface area contributed by atoms with E-state index in [9.17, 15) is 0 Å². The number of ether oxygens (including phenoxy) is 1. The average Bonchev–Trinajstić information content (AvgIpc) is 1.97. The molecule has 0 aromatic carbocycles. The summed E-state index contributed by atoms with van der Waals surface area (Å²) in [5.41, 5.74) is 0. The van der Waals surface area contributed by atoms with Gasteiger partial charge < -0.3 is 15.2 Å². The van der Waals surface area contributed by atoms with Crippen LogP contribution in [0.3, 0.4) is 0 Å². The van der Waals surface area contributed by atoms with E-state index in [4.69, 9.17) is 9.84 Å². The minimum absolute atomic E-state index is 0.398. The lowest BCUT2D eigenvalue weighted by atomic mass is 10.4. The first-order chi connectivity index (χ1) is 5.16. The summed E-state index contributed by atoms with van der Waals surface area (Å²) in [5.74, 6) is 0. The van der Waals surface area contributed by atoms with Crippen molar-refractivity contribution in [2.24, 2.45) is 0 Å². The monoisotopic (exact) mass is 161 g/mol. The molecule has 0 bridgehead atoms. The first kappa shape index (κ1) is 10.9. The zero-order valence-electron chi connectivity index (χ0n) is 7.63. The van der Waals surface area contributed by atoms with E-state index in [0.29, 0.717) is 19.2 Å². The Kier molecular flexibility index (Phi) is 6.51. The summed E-state index contributed by atoms with van der Waals surface area (Å²) in [6.45, 7) is 7.22. The second kappa shape index (κ2) is 6.58. The standard InChI is InChI=1S/C8H19NO2/c1-4-5-11-8(10)6-9-7(2)3/h7-10H,4-6H2,1-3H3. The lowest BCUT2D eigenvalue weighted by Gasteiger charge is -2.13. The zero-order valence-corrected chi connectivity index (χ0v) is 7.63. The minimum atomic E-state index is -0.655. The fourth-order valence-electron chi connectivity index (χ4n) is 0.649. The van der Waals surface area contributed by atoms with E-state index in [1.54, 1.807) is 0 Å². The molecule has 1 unspecified atom stereocenters. The maximum Gasteiger partial charge on any atom is 0.167 e. The summed E-state index contributed by atoms with van der Waals surface area (Å²) in [5, 5.41) is 12.2. The van der Waals surface area contributed by atoms with Crippen molar-refractivity contribution in [3.8, 4) is 0 Å². The smallest absolute Gasteiger partial charge is 0.167 e. The molecular formula is C8H19NO2. The lowest BCUT2D eigenvalue weighted by molar-refractivity contribution is -0.0964. The molecule has 68 valence electrons. The Morgan fingerprint density at radius 3 is 2.55 bits per heavy atom. The van der Waals surface area contributed by atoms with Gasteiger partial charge in [-0.25, -0.2) is 0 Å². The third-order valence-corrected chi connectivity index (χ3v) is 1.22. The number of rotatable bonds is 6. The van der Waals surface area contributed by atoms with Gasteiger partial charge in [0.2, 0.25) is 0 Å². The van der Waals surface area contributed by atoms with Crippen LogP contribution in [0.1, 0.15) is 27.2 Å². The maximum absolute atomic E-state index is 9.14. The molecule has 0 aliphatic heterocycles. The molecule has 0 fully saturated rings. The van der Waals surface area contributed by atoms with Crippen molar-refractivity contribution in [3.05, 3.63) is 0 Å². The Morgan fingerprint density at radius 1 is 1.45 bits per heavy atom. The van der Waals surface area contributed by atoms with E-state index in [-0.39, 0.29) is 0 Å². The predicted octanol–water partition coefficient (Wildman–Crippen LogP) is 0.729. The maximum atomic E-state index is 9.14. The first-order valence-electron chi connectivity index (χ1n) is 4.19. The van der Waals surface area contributed by atoms with Gasteiger partial charge in [-0.05, 0) is 6.42 Å². The van der Waals surface area contributed by atoms with Crippen molar-refractivity contribution >= 4 is 0 Å². The normalized spacial score (nSPS) is 13.9. The minimum Gasteiger partial charge on any atom is -0.367 e. The molecule has 1 atom stereocenters. The van der Waals surface area contributed by atoms with Crippen LogP contribution in [-0.2, 0) is 4.74 Å². The Hall–Kier alpha value is -0.120. The molecule has 0 rings (SSSR count). The Bertz CT molecular complexity index is 86.2. The first-order valence-corrected chi connectivity index (χ1v) is 4.19. The molecule has 0 aromatic heterocycles. The topological polar surface area (TPSA) is 41.5 Å². The van der Waals surface area contributed by atoms with Gasteiger partial charge in [-0.3, -0.25) is 0 Å². The van der Waals surface area contributed by atoms with Gasteiger partial charge in [0.1, 0.15) is 0 Å². The molecule has 0 saturated carbocycles. The Labute approximate surface area is 68.8 Å². The summed E-state index contributed by atoms with van der Waals surface area (Å²) in [7, 11) is 0. The van der Waals surface area contributed by atoms with Crippen LogP contribution in [0.4, 0.5) is 0 Å². The van der Waals surface area contributed by atoms with Gasteiger partial charge in [-0.15, -0.1) is 0 Å². The van der Waals surface area contributed by atoms with Crippen LogP contribution >= 0.6 is 0 Å². The van der Waals surface area contributed by atoms with Crippen LogP contribution in [0, 0.1) is 0 Å². The molecule has 0 heterocycles. The van der Waals surface area contributed by atoms with E-state index in [2.05, 4.69) is 5.32 Å². The highest BCUT2D eigenvalue weighted by atomic mass is 16.6. The van der Waals surface area contributed by atoms with Crippen molar-refractivity contribution in [1.29, 1.82) is 0 Å². The van der Waals surface area contributed by atoms with Gasteiger partial charge in [0.05, 0.1) is 0 Å². The lowest BCUT2D eigenvalue weighted by Crippen LogP contribution is -2.33. The molecule has 0 radical (unpaired) electrons. The van der Waals surface area contributed by atoms with Gasteiger partial charge in [-0.1, -0.05) is 20.8 Å². The van der Waals surface area contributed by atoms with Crippen molar-refractivity contribution in [1.82, 2.24) is 5.32 Å². The third-order valence-electron chi connectivity index (χ3n) is 1.22. The van der Waals surface area contributed by atoms with Crippen LogP contribution in [-0.4, -0.2) is 30.6 Å². The summed E-state index contributed by atoms with van der Waals surface area (Å²) in [6.07, 6.45) is 0.288. The molecule has 2 N–H and O–H groups in total. The van der Waals surface area contributed by atoms with Gasteiger partial charge in [0, 0.05) is 19.2 Å². The van der Waals surface area contributed by atoms with Crippen LogP contribution < -0.4 is 5.32 Å². The molecule has 0 amide bonds. The summed E-state index contributed by atoms with van der Waals surface area (Å²) < 4.78 is 5.03. The molecular weight excluding hydrogens is 142 g/mol. The SMILES string of the molecule is CCCOC(O)CNC(C)C. The molecule has 0 spiro atoms. The van der Waals surface area contributed by atoms with E-state index in [0.717, 1.165) is 6.42 Å². The molecule has 3 heteroatoms. The van der Waals surface area contributed by atoms with E-state index >= 15 is 0 Å². The highest BCUT2D eigenvalue weighted by molar-refractivity contribution is 4.53. The molecule has 0 aliphatic carbocycles. The highest BCUT2D eigenvalue weighted by Gasteiger charge is 2.02. The zero-order chi connectivity index (χ0) is 8.69. The van der Waals surface area contributed by atoms with Crippen LogP contribution in [0.5, 0.6) is 0 Å². The summed E-state index contributed by atoms with van der Waals surface area (Å²) in [6, 6.07) is 0.398. The summed E-state index contributed by atoms with van der Waals surface area (Å²) in [4.78, 5) is 0. The number of aliphatic hydroxyl groups is 1. The van der Waals surface area contributed by atoms with E-state index in [1.807, 2.05) is 20.8 Å². The van der Waals surface area contributed by atoms with Gasteiger partial charge >= 0.3 is 0 Å². The quantitative estimate of drug-likeness (QED) is 0.564. The van der Waals surface area contributed by atoms with Gasteiger partial charge in [0.25, 0.3) is 0 Å². The van der Waals surface area contributed by atoms with Crippen LogP contribution in [0.2, 0.25) is 0 Å². The predicted molar refractivity (Wildman–Crippen MR) is 45.4 cm³/mol. The fourth-order valence-corrected chi connectivity index (χ4v) is 0.649. The van der Waals surface area contributed by atoms with Gasteiger partial charge in [0.15, 0.2) is 6.29 Å². The second-order valence-electron chi connectivity index (χ2n) is 2.89. The van der Waals surface area contributed by atoms with Crippen molar-refractivity contribution < 1.29 is 9.84 Å². The van der Waals surface area contributed by atoms with Crippen molar-refractivity contribution in [2.75, 3.05) is 13.2 Å².